The van der Waals surface area contributed by atoms with Crippen LogP contribution in [0.15, 0.2) is 28.7 Å². The molecule has 0 saturated heterocycles. The number of carbonyl (C=O) groups excluding carboxylic acids is 2. The molecule has 2 unspecified atom stereocenters. The van der Waals surface area contributed by atoms with Gasteiger partial charge in [0.1, 0.15) is 0 Å². The molecule has 0 fully saturated rings. The summed E-state index contributed by atoms with van der Waals surface area (Å²) in [5, 5.41) is 10.0. The first-order valence-corrected chi connectivity index (χ1v) is 6.41. The van der Waals surface area contributed by atoms with E-state index in [0.29, 0.717) is 5.56 Å². The van der Waals surface area contributed by atoms with E-state index in [1.54, 1.807) is 31.2 Å². The summed E-state index contributed by atoms with van der Waals surface area (Å²) in [4.78, 5) is 23.0. The normalized spacial score (nSPS) is 13.8. The zero-order chi connectivity index (χ0) is 13.7. The van der Waals surface area contributed by atoms with Gasteiger partial charge in [-0.25, -0.2) is 4.79 Å². The van der Waals surface area contributed by atoms with Gasteiger partial charge in [0, 0.05) is 4.47 Å². The van der Waals surface area contributed by atoms with Gasteiger partial charge >= 0.3 is 5.97 Å². The molecule has 0 amide bonds. The number of aliphatic hydroxyl groups excluding tert-OH is 1. The number of hydrogen-bond donors (Lipinski definition) is 1. The van der Waals surface area contributed by atoms with Crippen molar-refractivity contribution in [2.45, 2.75) is 20.0 Å². The van der Waals surface area contributed by atoms with Gasteiger partial charge in [0.25, 0.3) is 0 Å². The molecule has 0 aliphatic heterocycles. The lowest BCUT2D eigenvalue weighted by molar-refractivity contribution is -0.156. The van der Waals surface area contributed by atoms with Crippen LogP contribution in [0.5, 0.6) is 0 Å². The van der Waals surface area contributed by atoms with Crippen molar-refractivity contribution in [1.82, 2.24) is 0 Å². The van der Waals surface area contributed by atoms with E-state index in [-0.39, 0.29) is 6.61 Å². The van der Waals surface area contributed by atoms with Crippen molar-refractivity contribution >= 4 is 27.7 Å². The second-order valence-corrected chi connectivity index (χ2v) is 4.79. The minimum absolute atomic E-state index is 0.145. The summed E-state index contributed by atoms with van der Waals surface area (Å²) >= 11 is 3.28. The van der Waals surface area contributed by atoms with Crippen LogP contribution >= 0.6 is 15.9 Å². The summed E-state index contributed by atoms with van der Waals surface area (Å²) in [6.45, 7) is 3.28. The Labute approximate surface area is 114 Å². The number of ether oxygens (including phenoxy) is 1. The lowest BCUT2D eigenvalue weighted by atomic mass is 9.94. The minimum Gasteiger partial charge on any atom is -0.460 e. The van der Waals surface area contributed by atoms with E-state index >= 15 is 0 Å². The summed E-state index contributed by atoms with van der Waals surface area (Å²) in [5.41, 5.74) is 0.586. The molecular weight excluding hydrogens is 300 g/mol. The first-order valence-electron chi connectivity index (χ1n) is 5.61. The van der Waals surface area contributed by atoms with E-state index in [1.807, 2.05) is 0 Å². The molecule has 1 aromatic rings. The topological polar surface area (TPSA) is 63.6 Å². The van der Waals surface area contributed by atoms with Gasteiger partial charge in [-0.3, -0.25) is 4.79 Å². The number of ketones is 1. The van der Waals surface area contributed by atoms with Crippen molar-refractivity contribution in [2.24, 2.45) is 5.92 Å². The molecule has 0 aliphatic rings. The molecule has 0 spiro atoms. The van der Waals surface area contributed by atoms with Crippen LogP contribution in [0.1, 0.15) is 25.5 Å². The lowest BCUT2D eigenvalue weighted by Crippen LogP contribution is -2.28. The molecule has 0 aromatic heterocycles. The molecule has 18 heavy (non-hydrogen) atoms. The van der Waals surface area contributed by atoms with Crippen LogP contribution in [0.25, 0.3) is 0 Å². The molecule has 0 heterocycles. The average molecular weight is 315 g/mol. The van der Waals surface area contributed by atoms with Gasteiger partial charge in [-0.15, -0.1) is 0 Å². The van der Waals surface area contributed by atoms with Gasteiger partial charge in [-0.05, 0) is 24.6 Å². The van der Waals surface area contributed by atoms with Crippen molar-refractivity contribution in [2.75, 3.05) is 6.61 Å². The molecular formula is C13H15BrO4. The lowest BCUT2D eigenvalue weighted by Gasteiger charge is -2.17. The van der Waals surface area contributed by atoms with Gasteiger partial charge in [-0.2, -0.15) is 0 Å². The Morgan fingerprint density at radius 1 is 1.33 bits per heavy atom. The fourth-order valence-corrected chi connectivity index (χ4v) is 1.74. The highest BCUT2D eigenvalue weighted by molar-refractivity contribution is 9.10. The smallest absolute Gasteiger partial charge is 0.374 e. The third-order valence-corrected chi connectivity index (χ3v) is 3.10. The SMILES string of the molecule is CCOC(=O)C(=O)C(C)C(O)c1ccc(Br)cc1. The van der Waals surface area contributed by atoms with Gasteiger partial charge in [0.2, 0.25) is 5.78 Å². The molecule has 0 aliphatic carbocycles. The predicted molar refractivity (Wildman–Crippen MR) is 69.9 cm³/mol. The highest BCUT2D eigenvalue weighted by Gasteiger charge is 2.29. The Bertz CT molecular complexity index is 427. The first-order chi connectivity index (χ1) is 8.47. The maximum Gasteiger partial charge on any atom is 0.374 e. The maximum atomic E-state index is 11.7. The minimum atomic E-state index is -1.02. The molecule has 5 heteroatoms. The van der Waals surface area contributed by atoms with Crippen LogP contribution in [0.2, 0.25) is 0 Å². The summed E-state index contributed by atoms with van der Waals surface area (Å²) < 4.78 is 5.50. The Morgan fingerprint density at radius 2 is 1.89 bits per heavy atom. The fourth-order valence-electron chi connectivity index (χ4n) is 1.48. The van der Waals surface area contributed by atoms with Crippen LogP contribution in [-0.4, -0.2) is 23.5 Å². The molecule has 1 rings (SSSR count). The Morgan fingerprint density at radius 3 is 2.39 bits per heavy atom. The molecule has 1 aromatic carbocycles. The van der Waals surface area contributed by atoms with E-state index in [4.69, 9.17) is 0 Å². The molecule has 2 atom stereocenters. The van der Waals surface area contributed by atoms with Crippen molar-refractivity contribution in [3.05, 3.63) is 34.3 Å². The van der Waals surface area contributed by atoms with Gasteiger partial charge in [0.15, 0.2) is 0 Å². The first kappa shape index (κ1) is 14.9. The second-order valence-electron chi connectivity index (χ2n) is 3.87. The van der Waals surface area contributed by atoms with Crippen molar-refractivity contribution in [1.29, 1.82) is 0 Å². The third-order valence-electron chi connectivity index (χ3n) is 2.58. The number of hydrogen-bond acceptors (Lipinski definition) is 4. The molecule has 0 radical (unpaired) electrons. The standard InChI is InChI=1S/C13H15BrO4/c1-3-18-13(17)12(16)8(2)11(15)9-4-6-10(14)7-5-9/h4-8,11,15H,3H2,1-2H3. The Kier molecular flexibility index (Phi) is 5.50. The van der Waals surface area contributed by atoms with Crippen molar-refractivity contribution in [3.63, 3.8) is 0 Å². The van der Waals surface area contributed by atoms with Gasteiger partial charge in [-0.1, -0.05) is 35.0 Å². The van der Waals surface area contributed by atoms with Crippen LogP contribution in [0, 0.1) is 5.92 Å². The summed E-state index contributed by atoms with van der Waals surface area (Å²) in [5.74, 6) is -2.45. The number of aliphatic hydroxyl groups is 1. The van der Waals surface area contributed by atoms with E-state index in [2.05, 4.69) is 20.7 Å². The van der Waals surface area contributed by atoms with Crippen LogP contribution < -0.4 is 0 Å². The quantitative estimate of drug-likeness (QED) is 0.669. The van der Waals surface area contributed by atoms with Gasteiger partial charge in [0.05, 0.1) is 18.6 Å². The Balaban J connectivity index is 2.77. The van der Waals surface area contributed by atoms with E-state index in [9.17, 15) is 14.7 Å². The zero-order valence-electron chi connectivity index (χ0n) is 10.2. The molecule has 0 bridgehead atoms. The van der Waals surface area contributed by atoms with Crippen LogP contribution in [0.3, 0.4) is 0 Å². The van der Waals surface area contributed by atoms with Crippen LogP contribution in [0.4, 0.5) is 0 Å². The second kappa shape index (κ2) is 6.66. The number of esters is 1. The largest absolute Gasteiger partial charge is 0.460 e. The van der Waals surface area contributed by atoms with E-state index in [1.165, 1.54) is 6.92 Å². The van der Waals surface area contributed by atoms with Crippen molar-refractivity contribution in [3.8, 4) is 0 Å². The highest BCUT2D eigenvalue weighted by Crippen LogP contribution is 2.24. The number of Topliss-reactive ketones (excluding diaryl/α,β-unsaturated/α-hetero) is 1. The summed E-state index contributed by atoms with van der Waals surface area (Å²) in [6, 6.07) is 6.92. The number of carbonyl (C=O) groups is 2. The molecule has 98 valence electrons. The Hall–Kier alpha value is -1.20. The van der Waals surface area contributed by atoms with E-state index < -0.39 is 23.8 Å². The van der Waals surface area contributed by atoms with Crippen molar-refractivity contribution < 1.29 is 19.4 Å². The van der Waals surface area contributed by atoms with E-state index in [0.717, 1.165) is 4.47 Å². The predicted octanol–water partition coefficient (Wildman–Crippen LogP) is 2.25. The summed E-state index contributed by atoms with van der Waals surface area (Å²) in [7, 11) is 0. The molecule has 0 saturated carbocycles. The third kappa shape index (κ3) is 3.65. The molecule has 1 N–H and O–H groups in total. The molecule has 4 nitrogen and oxygen atoms in total. The monoisotopic (exact) mass is 314 g/mol. The number of rotatable bonds is 5. The number of benzene rings is 1. The summed E-state index contributed by atoms with van der Waals surface area (Å²) in [6.07, 6.45) is -1.02. The fraction of sp³-hybridized carbons (Fsp3) is 0.385. The van der Waals surface area contributed by atoms with Crippen LogP contribution in [-0.2, 0) is 14.3 Å². The number of halogens is 1. The van der Waals surface area contributed by atoms with Gasteiger partial charge < -0.3 is 9.84 Å². The maximum absolute atomic E-state index is 11.7. The highest BCUT2D eigenvalue weighted by atomic mass is 79.9. The zero-order valence-corrected chi connectivity index (χ0v) is 11.8. The average Bonchev–Trinajstić information content (AvgIpc) is 2.37.